The van der Waals surface area contributed by atoms with Crippen LogP contribution in [0.4, 0.5) is 10.8 Å². The van der Waals surface area contributed by atoms with Gasteiger partial charge in [-0.1, -0.05) is 48.2 Å². The topological polar surface area (TPSA) is 37.8 Å². The summed E-state index contributed by atoms with van der Waals surface area (Å²) in [6, 6.07) is 6.27. The second kappa shape index (κ2) is 6.20. The summed E-state index contributed by atoms with van der Waals surface area (Å²) in [7, 11) is 0. The normalized spacial score (nSPS) is 10.6. The maximum Gasteiger partial charge on any atom is 0.210 e. The molecule has 0 aliphatic carbocycles. The molecule has 1 aromatic heterocycles. The van der Waals surface area contributed by atoms with Gasteiger partial charge in [0.2, 0.25) is 5.13 Å². The maximum atomic E-state index is 4.18. The molecule has 0 unspecified atom stereocenters. The first-order valence-electron chi connectivity index (χ1n) is 6.00. The number of thioether (sulfide) groups is 1. The van der Waals surface area contributed by atoms with Gasteiger partial charge in [-0.05, 0) is 31.4 Å². The third-order valence-electron chi connectivity index (χ3n) is 2.55. The van der Waals surface area contributed by atoms with Gasteiger partial charge in [0.15, 0.2) is 4.34 Å². The Morgan fingerprint density at radius 1 is 1.22 bits per heavy atom. The van der Waals surface area contributed by atoms with E-state index in [1.54, 1.807) is 23.1 Å². The smallest absolute Gasteiger partial charge is 0.210 e. The molecule has 3 nitrogen and oxygen atoms in total. The van der Waals surface area contributed by atoms with Crippen molar-refractivity contribution in [3.8, 4) is 0 Å². The van der Waals surface area contributed by atoms with Crippen molar-refractivity contribution < 1.29 is 0 Å². The number of aryl methyl sites for hydroxylation is 2. The van der Waals surface area contributed by atoms with Crippen LogP contribution in [0.1, 0.15) is 24.5 Å². The Morgan fingerprint density at radius 2 is 1.94 bits per heavy atom. The number of benzene rings is 1. The average Bonchev–Trinajstić information content (AvgIpc) is 2.79. The number of aromatic nitrogens is 2. The van der Waals surface area contributed by atoms with Crippen molar-refractivity contribution in [1.82, 2.24) is 10.2 Å². The Morgan fingerprint density at radius 3 is 2.61 bits per heavy atom. The monoisotopic (exact) mass is 279 g/mol. The predicted molar refractivity (Wildman–Crippen MR) is 80.1 cm³/mol. The SMILES string of the molecule is CCCSc1nnc(Nc2c(C)cccc2C)s1. The second-order valence-corrected chi connectivity index (χ2v) is 6.43. The molecule has 1 heterocycles. The number of rotatable bonds is 5. The summed E-state index contributed by atoms with van der Waals surface area (Å²) >= 11 is 3.38. The van der Waals surface area contributed by atoms with Gasteiger partial charge < -0.3 is 5.32 Å². The van der Waals surface area contributed by atoms with Gasteiger partial charge in [0.1, 0.15) is 0 Å². The zero-order chi connectivity index (χ0) is 13.0. The summed E-state index contributed by atoms with van der Waals surface area (Å²) in [6.07, 6.45) is 1.16. The highest BCUT2D eigenvalue weighted by atomic mass is 32.2. The summed E-state index contributed by atoms with van der Waals surface area (Å²) < 4.78 is 1.03. The highest BCUT2D eigenvalue weighted by Crippen LogP contribution is 2.30. The minimum absolute atomic E-state index is 0.867. The van der Waals surface area contributed by atoms with Crippen LogP contribution in [0.15, 0.2) is 22.5 Å². The van der Waals surface area contributed by atoms with Crippen molar-refractivity contribution in [3.05, 3.63) is 29.3 Å². The highest BCUT2D eigenvalue weighted by Gasteiger charge is 2.07. The molecule has 18 heavy (non-hydrogen) atoms. The van der Waals surface area contributed by atoms with E-state index in [1.807, 2.05) is 0 Å². The Labute approximate surface area is 116 Å². The standard InChI is InChI=1S/C13H17N3S2/c1-4-8-17-13-16-15-12(18-13)14-11-9(2)6-5-7-10(11)3/h5-7H,4,8H2,1-3H3,(H,14,15). The molecule has 0 radical (unpaired) electrons. The van der Waals surface area contributed by atoms with E-state index in [4.69, 9.17) is 0 Å². The molecular formula is C13H17N3S2. The van der Waals surface area contributed by atoms with Crippen molar-refractivity contribution in [2.24, 2.45) is 0 Å². The van der Waals surface area contributed by atoms with E-state index in [2.05, 4.69) is 54.5 Å². The molecule has 0 spiro atoms. The third kappa shape index (κ3) is 3.23. The van der Waals surface area contributed by atoms with E-state index in [-0.39, 0.29) is 0 Å². The van der Waals surface area contributed by atoms with Crippen LogP contribution in [-0.4, -0.2) is 16.0 Å². The van der Waals surface area contributed by atoms with E-state index >= 15 is 0 Å². The minimum Gasteiger partial charge on any atom is -0.330 e. The van der Waals surface area contributed by atoms with E-state index in [9.17, 15) is 0 Å². The lowest BCUT2D eigenvalue weighted by Crippen LogP contribution is -1.95. The van der Waals surface area contributed by atoms with Crippen LogP contribution in [0, 0.1) is 13.8 Å². The van der Waals surface area contributed by atoms with Gasteiger partial charge in [0, 0.05) is 11.4 Å². The lowest BCUT2D eigenvalue weighted by molar-refractivity contribution is 1.01. The lowest BCUT2D eigenvalue weighted by atomic mass is 10.1. The largest absolute Gasteiger partial charge is 0.330 e. The fourth-order valence-electron chi connectivity index (χ4n) is 1.63. The van der Waals surface area contributed by atoms with Crippen LogP contribution in [0.25, 0.3) is 0 Å². The van der Waals surface area contributed by atoms with Crippen LogP contribution in [0.5, 0.6) is 0 Å². The van der Waals surface area contributed by atoms with Gasteiger partial charge in [-0.3, -0.25) is 0 Å². The van der Waals surface area contributed by atoms with Gasteiger partial charge in [-0.25, -0.2) is 0 Å². The molecule has 1 aromatic carbocycles. The predicted octanol–water partition coefficient (Wildman–Crippen LogP) is 4.40. The molecule has 5 heteroatoms. The molecule has 0 saturated heterocycles. The highest BCUT2D eigenvalue weighted by molar-refractivity contribution is 8.01. The summed E-state index contributed by atoms with van der Waals surface area (Å²) in [6.45, 7) is 6.37. The van der Waals surface area contributed by atoms with Crippen molar-refractivity contribution in [2.45, 2.75) is 31.5 Å². The Balaban J connectivity index is 2.11. The van der Waals surface area contributed by atoms with Crippen molar-refractivity contribution in [2.75, 3.05) is 11.1 Å². The molecule has 0 atom stereocenters. The summed E-state index contributed by atoms with van der Waals surface area (Å²) in [5.41, 5.74) is 3.60. The van der Waals surface area contributed by atoms with Gasteiger partial charge in [0.25, 0.3) is 0 Å². The van der Waals surface area contributed by atoms with Gasteiger partial charge in [-0.2, -0.15) is 0 Å². The Kier molecular flexibility index (Phi) is 4.60. The number of nitrogens with zero attached hydrogens (tertiary/aromatic N) is 2. The van der Waals surface area contributed by atoms with Gasteiger partial charge in [-0.15, -0.1) is 10.2 Å². The molecule has 0 saturated carbocycles. The van der Waals surface area contributed by atoms with E-state index < -0.39 is 0 Å². The quantitative estimate of drug-likeness (QED) is 0.823. The molecule has 0 amide bonds. The first-order chi connectivity index (χ1) is 8.70. The molecule has 96 valence electrons. The molecule has 2 rings (SSSR count). The molecule has 0 aliphatic rings. The summed E-state index contributed by atoms with van der Waals surface area (Å²) in [5, 5.41) is 12.6. The number of anilines is 2. The molecule has 1 N–H and O–H groups in total. The van der Waals surface area contributed by atoms with Gasteiger partial charge >= 0.3 is 0 Å². The maximum absolute atomic E-state index is 4.18. The first-order valence-corrected chi connectivity index (χ1v) is 7.80. The fraction of sp³-hybridized carbons (Fsp3) is 0.385. The minimum atomic E-state index is 0.867. The fourth-order valence-corrected chi connectivity index (χ4v) is 3.31. The summed E-state index contributed by atoms with van der Waals surface area (Å²) in [4.78, 5) is 0. The van der Waals surface area contributed by atoms with E-state index in [0.717, 1.165) is 27.3 Å². The van der Waals surface area contributed by atoms with Crippen LogP contribution in [-0.2, 0) is 0 Å². The van der Waals surface area contributed by atoms with Gasteiger partial charge in [0.05, 0.1) is 0 Å². The van der Waals surface area contributed by atoms with E-state index in [1.165, 1.54) is 11.1 Å². The van der Waals surface area contributed by atoms with E-state index in [0.29, 0.717) is 0 Å². The van der Waals surface area contributed by atoms with Crippen LogP contribution >= 0.6 is 23.1 Å². The summed E-state index contributed by atoms with van der Waals surface area (Å²) in [5.74, 6) is 1.10. The van der Waals surface area contributed by atoms with Crippen molar-refractivity contribution in [1.29, 1.82) is 0 Å². The van der Waals surface area contributed by atoms with Crippen LogP contribution in [0.3, 0.4) is 0 Å². The number of nitrogens with one attached hydrogen (secondary N) is 1. The zero-order valence-corrected chi connectivity index (χ0v) is 12.5. The Hall–Kier alpha value is -1.07. The lowest BCUT2D eigenvalue weighted by Gasteiger charge is -2.09. The molecule has 2 aromatic rings. The average molecular weight is 279 g/mol. The zero-order valence-electron chi connectivity index (χ0n) is 10.9. The van der Waals surface area contributed by atoms with Crippen LogP contribution in [0.2, 0.25) is 0 Å². The number of hydrogen-bond donors (Lipinski definition) is 1. The van der Waals surface area contributed by atoms with Crippen molar-refractivity contribution in [3.63, 3.8) is 0 Å². The molecule has 0 aliphatic heterocycles. The van der Waals surface area contributed by atoms with Crippen LogP contribution < -0.4 is 5.32 Å². The molecule has 0 fully saturated rings. The Bertz CT molecular complexity index is 502. The first kappa shape index (κ1) is 13.4. The molecular weight excluding hydrogens is 262 g/mol. The van der Waals surface area contributed by atoms with Crippen molar-refractivity contribution >= 4 is 33.9 Å². The number of para-hydroxylation sites is 1. The number of hydrogen-bond acceptors (Lipinski definition) is 5. The second-order valence-electron chi connectivity index (χ2n) is 4.11. The molecule has 0 bridgehead atoms. The third-order valence-corrected chi connectivity index (χ3v) is 4.73.